The SMILES string of the molecule is COc1cc(OC)cc(C(=O)Oc2ccc3c(=O)c(-c4ccc(Br)cc4)coc3c2)c1. The summed E-state index contributed by atoms with van der Waals surface area (Å²) in [6, 6.07) is 16.8. The van der Waals surface area contributed by atoms with Gasteiger partial charge in [-0.3, -0.25) is 4.79 Å². The third-order valence-corrected chi connectivity index (χ3v) is 5.23. The van der Waals surface area contributed by atoms with E-state index in [4.69, 9.17) is 18.6 Å². The van der Waals surface area contributed by atoms with Crippen LogP contribution in [0.2, 0.25) is 0 Å². The first kappa shape index (κ1) is 20.7. The molecule has 1 heterocycles. The number of hydrogen-bond acceptors (Lipinski definition) is 6. The molecule has 4 aromatic rings. The molecule has 0 N–H and O–H groups in total. The van der Waals surface area contributed by atoms with Crippen LogP contribution in [0.5, 0.6) is 17.2 Å². The van der Waals surface area contributed by atoms with Crippen LogP contribution in [-0.2, 0) is 0 Å². The van der Waals surface area contributed by atoms with Crippen LogP contribution in [0.15, 0.2) is 80.6 Å². The third-order valence-electron chi connectivity index (χ3n) is 4.70. The number of hydrogen-bond donors (Lipinski definition) is 0. The highest BCUT2D eigenvalue weighted by Crippen LogP contribution is 2.26. The van der Waals surface area contributed by atoms with E-state index in [-0.39, 0.29) is 16.7 Å². The van der Waals surface area contributed by atoms with E-state index in [0.29, 0.717) is 28.0 Å². The molecule has 0 radical (unpaired) electrons. The van der Waals surface area contributed by atoms with E-state index in [1.807, 2.05) is 24.3 Å². The van der Waals surface area contributed by atoms with Gasteiger partial charge in [0.2, 0.25) is 0 Å². The molecule has 0 aliphatic heterocycles. The molecule has 31 heavy (non-hydrogen) atoms. The molecule has 0 bridgehead atoms. The van der Waals surface area contributed by atoms with Crippen LogP contribution in [0.4, 0.5) is 0 Å². The van der Waals surface area contributed by atoms with Gasteiger partial charge in [0.25, 0.3) is 0 Å². The highest BCUT2D eigenvalue weighted by atomic mass is 79.9. The van der Waals surface area contributed by atoms with Gasteiger partial charge in [-0.15, -0.1) is 0 Å². The Morgan fingerprint density at radius 1 is 0.871 bits per heavy atom. The molecule has 0 amide bonds. The van der Waals surface area contributed by atoms with Gasteiger partial charge in [-0.05, 0) is 42.0 Å². The molecule has 0 unspecified atom stereocenters. The zero-order valence-corrected chi connectivity index (χ0v) is 18.3. The van der Waals surface area contributed by atoms with Crippen LogP contribution in [-0.4, -0.2) is 20.2 Å². The normalized spacial score (nSPS) is 10.7. The summed E-state index contributed by atoms with van der Waals surface area (Å²) in [6.07, 6.45) is 1.41. The molecule has 4 rings (SSSR count). The number of methoxy groups -OCH3 is 2. The summed E-state index contributed by atoms with van der Waals surface area (Å²) in [5.74, 6) is 0.594. The predicted octanol–water partition coefficient (Wildman–Crippen LogP) is 5.46. The Kier molecular flexibility index (Phi) is 5.77. The summed E-state index contributed by atoms with van der Waals surface area (Å²) in [5, 5.41) is 0.392. The van der Waals surface area contributed by atoms with Crippen LogP contribution >= 0.6 is 15.9 Å². The second-order valence-corrected chi connectivity index (χ2v) is 7.55. The molecule has 1 aromatic heterocycles. The molecular formula is C24H17BrO6. The molecule has 3 aromatic carbocycles. The average molecular weight is 481 g/mol. The molecule has 156 valence electrons. The summed E-state index contributed by atoms with van der Waals surface area (Å²) < 4.78 is 22.4. The molecular weight excluding hydrogens is 464 g/mol. The van der Waals surface area contributed by atoms with E-state index in [9.17, 15) is 9.59 Å². The molecule has 0 spiro atoms. The van der Waals surface area contributed by atoms with Crippen LogP contribution < -0.4 is 19.6 Å². The Hall–Kier alpha value is -3.58. The van der Waals surface area contributed by atoms with Crippen molar-refractivity contribution in [3.8, 4) is 28.4 Å². The molecule has 0 atom stereocenters. The maximum absolute atomic E-state index is 12.9. The maximum atomic E-state index is 12.9. The molecule has 0 saturated carbocycles. The molecule has 0 aliphatic rings. The largest absolute Gasteiger partial charge is 0.497 e. The van der Waals surface area contributed by atoms with Crippen molar-refractivity contribution in [1.29, 1.82) is 0 Å². The van der Waals surface area contributed by atoms with Crippen molar-refractivity contribution in [1.82, 2.24) is 0 Å². The number of esters is 1. The predicted molar refractivity (Wildman–Crippen MR) is 120 cm³/mol. The minimum Gasteiger partial charge on any atom is -0.497 e. The fraction of sp³-hybridized carbons (Fsp3) is 0.0833. The van der Waals surface area contributed by atoms with E-state index in [1.54, 1.807) is 30.3 Å². The molecule has 0 aliphatic carbocycles. The number of carbonyl (C=O) groups is 1. The first-order valence-corrected chi connectivity index (χ1v) is 10.0. The maximum Gasteiger partial charge on any atom is 0.343 e. The van der Waals surface area contributed by atoms with Crippen LogP contribution in [0.3, 0.4) is 0 Å². The monoisotopic (exact) mass is 480 g/mol. The van der Waals surface area contributed by atoms with Gasteiger partial charge >= 0.3 is 5.97 Å². The lowest BCUT2D eigenvalue weighted by molar-refractivity contribution is 0.0734. The first-order chi connectivity index (χ1) is 15.0. The fourth-order valence-corrected chi connectivity index (χ4v) is 3.36. The molecule has 0 fully saturated rings. The second kappa shape index (κ2) is 8.65. The average Bonchev–Trinajstić information content (AvgIpc) is 2.79. The van der Waals surface area contributed by atoms with Gasteiger partial charge in [0, 0.05) is 16.6 Å². The Bertz CT molecular complexity index is 1300. The van der Waals surface area contributed by atoms with E-state index in [2.05, 4.69) is 15.9 Å². The molecule has 0 saturated heterocycles. The van der Waals surface area contributed by atoms with Gasteiger partial charge in [0.1, 0.15) is 29.1 Å². The fourth-order valence-electron chi connectivity index (χ4n) is 3.09. The first-order valence-electron chi connectivity index (χ1n) is 9.25. The highest BCUT2D eigenvalue weighted by Gasteiger charge is 2.15. The van der Waals surface area contributed by atoms with Crippen molar-refractivity contribution in [3.05, 3.63) is 87.2 Å². The van der Waals surface area contributed by atoms with E-state index < -0.39 is 5.97 Å². The van der Waals surface area contributed by atoms with Gasteiger partial charge in [-0.2, -0.15) is 0 Å². The Morgan fingerprint density at radius 2 is 1.55 bits per heavy atom. The smallest absolute Gasteiger partial charge is 0.343 e. The van der Waals surface area contributed by atoms with Crippen molar-refractivity contribution in [2.75, 3.05) is 14.2 Å². The van der Waals surface area contributed by atoms with Crippen molar-refractivity contribution in [3.63, 3.8) is 0 Å². The summed E-state index contributed by atoms with van der Waals surface area (Å²) in [4.78, 5) is 25.5. The van der Waals surface area contributed by atoms with Gasteiger partial charge in [-0.25, -0.2) is 4.79 Å². The number of fused-ring (bicyclic) bond motifs is 1. The topological polar surface area (TPSA) is 75.0 Å². The molecule has 6 nitrogen and oxygen atoms in total. The Balaban J connectivity index is 1.64. The van der Waals surface area contributed by atoms with E-state index >= 15 is 0 Å². The number of halogens is 1. The van der Waals surface area contributed by atoms with Crippen molar-refractivity contribution in [2.24, 2.45) is 0 Å². The minimum atomic E-state index is -0.592. The Labute approximate surface area is 186 Å². The summed E-state index contributed by atoms with van der Waals surface area (Å²) in [5.41, 5.74) is 1.62. The van der Waals surface area contributed by atoms with Gasteiger partial charge < -0.3 is 18.6 Å². The summed E-state index contributed by atoms with van der Waals surface area (Å²) in [7, 11) is 3.00. The van der Waals surface area contributed by atoms with E-state index in [0.717, 1.165) is 10.0 Å². The number of ether oxygens (including phenoxy) is 3. The van der Waals surface area contributed by atoms with Crippen LogP contribution in [0, 0.1) is 0 Å². The van der Waals surface area contributed by atoms with Gasteiger partial charge in [0.05, 0.1) is 30.7 Å². The number of carbonyl (C=O) groups excluding carboxylic acids is 1. The third kappa shape index (κ3) is 4.32. The minimum absolute atomic E-state index is 0.168. The quantitative estimate of drug-likeness (QED) is 0.279. The Morgan fingerprint density at radius 3 is 2.19 bits per heavy atom. The van der Waals surface area contributed by atoms with Crippen molar-refractivity contribution < 1.29 is 23.4 Å². The van der Waals surface area contributed by atoms with Crippen LogP contribution in [0.1, 0.15) is 10.4 Å². The zero-order valence-electron chi connectivity index (χ0n) is 16.7. The lowest BCUT2D eigenvalue weighted by Gasteiger charge is -2.09. The summed E-state index contributed by atoms with van der Waals surface area (Å²) >= 11 is 3.38. The second-order valence-electron chi connectivity index (χ2n) is 6.63. The van der Waals surface area contributed by atoms with Crippen molar-refractivity contribution >= 4 is 32.9 Å². The number of benzene rings is 3. The van der Waals surface area contributed by atoms with Crippen molar-refractivity contribution in [2.45, 2.75) is 0 Å². The van der Waals surface area contributed by atoms with Gasteiger partial charge in [-0.1, -0.05) is 28.1 Å². The van der Waals surface area contributed by atoms with Crippen LogP contribution in [0.25, 0.3) is 22.1 Å². The zero-order chi connectivity index (χ0) is 22.0. The lowest BCUT2D eigenvalue weighted by Crippen LogP contribution is -2.10. The molecule has 7 heteroatoms. The van der Waals surface area contributed by atoms with E-state index in [1.165, 1.54) is 26.5 Å². The number of rotatable bonds is 5. The van der Waals surface area contributed by atoms with Gasteiger partial charge in [0.15, 0.2) is 5.43 Å². The highest BCUT2D eigenvalue weighted by molar-refractivity contribution is 9.10. The standard InChI is InChI=1S/C24H17BrO6/c1-28-18-9-15(10-19(11-18)29-2)24(27)31-17-7-8-20-22(12-17)30-13-21(23(20)26)14-3-5-16(25)6-4-14/h3-13H,1-2H3. The lowest BCUT2D eigenvalue weighted by atomic mass is 10.1. The summed E-state index contributed by atoms with van der Waals surface area (Å²) in [6.45, 7) is 0.